The van der Waals surface area contributed by atoms with Crippen LogP contribution in [0.3, 0.4) is 0 Å². The van der Waals surface area contributed by atoms with E-state index in [0.717, 1.165) is 30.2 Å². The zero-order valence-corrected chi connectivity index (χ0v) is 11.7. The van der Waals surface area contributed by atoms with Crippen LogP contribution in [0.25, 0.3) is 0 Å². The molecule has 0 saturated carbocycles. The van der Waals surface area contributed by atoms with Crippen molar-refractivity contribution in [2.24, 2.45) is 5.41 Å². The Labute approximate surface area is 109 Å². The molecule has 0 atom stereocenters. The molecule has 94 valence electrons. The Hall–Kier alpha value is -0.760. The fraction of sp³-hybridized carbons (Fsp3) is 0.643. The van der Waals surface area contributed by atoms with Gasteiger partial charge in [-0.2, -0.15) is 0 Å². The van der Waals surface area contributed by atoms with E-state index < -0.39 is 0 Å². The van der Waals surface area contributed by atoms with Crippen molar-refractivity contribution in [3.8, 4) is 0 Å². The molecule has 1 aliphatic rings. The lowest BCUT2D eigenvalue weighted by atomic mass is 9.84. The van der Waals surface area contributed by atoms with Crippen LogP contribution in [0.2, 0.25) is 0 Å². The minimum absolute atomic E-state index is 0.402. The lowest BCUT2D eigenvalue weighted by Crippen LogP contribution is -2.40. The number of nitrogens with zero attached hydrogens (tertiary/aromatic N) is 2. The van der Waals surface area contributed by atoms with E-state index >= 15 is 0 Å². The molecule has 0 bridgehead atoms. The summed E-state index contributed by atoms with van der Waals surface area (Å²) in [6, 6.07) is 4.21. The molecule has 1 aliphatic heterocycles. The molecule has 2 nitrogen and oxygen atoms in total. The molecule has 0 radical (unpaired) electrons. The van der Waals surface area contributed by atoms with E-state index in [1.54, 1.807) is 0 Å². The van der Waals surface area contributed by atoms with Crippen molar-refractivity contribution in [1.82, 2.24) is 4.98 Å². The minimum atomic E-state index is 0.402. The van der Waals surface area contributed by atoms with Crippen LogP contribution >= 0.6 is 11.6 Å². The van der Waals surface area contributed by atoms with Gasteiger partial charge in [-0.15, -0.1) is 11.6 Å². The lowest BCUT2D eigenvalue weighted by molar-refractivity contribution is 0.292. The van der Waals surface area contributed by atoms with E-state index in [4.69, 9.17) is 11.6 Å². The van der Waals surface area contributed by atoms with Crippen molar-refractivity contribution in [2.45, 2.75) is 39.5 Å². The number of alkyl halides is 1. The van der Waals surface area contributed by atoms with Gasteiger partial charge in [0.25, 0.3) is 0 Å². The summed E-state index contributed by atoms with van der Waals surface area (Å²) in [7, 11) is 0. The molecule has 1 aromatic rings. The topological polar surface area (TPSA) is 16.1 Å². The molecule has 0 N–H and O–H groups in total. The van der Waals surface area contributed by atoms with Gasteiger partial charge in [-0.25, -0.2) is 4.98 Å². The Bertz CT molecular complexity index is 401. The molecular weight excluding hydrogens is 232 g/mol. The minimum Gasteiger partial charge on any atom is -0.356 e. The summed E-state index contributed by atoms with van der Waals surface area (Å²) >= 11 is 5.86. The average Bonchev–Trinajstić information content (AvgIpc) is 2.27. The maximum atomic E-state index is 5.86. The van der Waals surface area contributed by atoms with Gasteiger partial charge in [0.2, 0.25) is 0 Å². The number of hydrogen-bond acceptors (Lipinski definition) is 2. The number of hydrogen-bond donors (Lipinski definition) is 0. The predicted molar refractivity (Wildman–Crippen MR) is 73.8 cm³/mol. The second-order valence-electron chi connectivity index (χ2n) is 5.74. The van der Waals surface area contributed by atoms with Crippen LogP contribution < -0.4 is 4.90 Å². The van der Waals surface area contributed by atoms with Gasteiger partial charge in [-0.05, 0) is 36.8 Å². The molecule has 0 aliphatic carbocycles. The fourth-order valence-corrected chi connectivity index (χ4v) is 2.80. The SMILES string of the molecule is Cc1nc(N2CCCC(C)(C)C2)ccc1CCl. The predicted octanol–water partition coefficient (Wildman–Crippen LogP) is 3.76. The highest BCUT2D eigenvalue weighted by Crippen LogP contribution is 2.31. The smallest absolute Gasteiger partial charge is 0.128 e. The number of anilines is 1. The van der Waals surface area contributed by atoms with Gasteiger partial charge in [-0.1, -0.05) is 19.9 Å². The zero-order valence-electron chi connectivity index (χ0n) is 11.0. The number of piperidine rings is 1. The Kier molecular flexibility index (Phi) is 3.62. The summed E-state index contributed by atoms with van der Waals surface area (Å²) in [6.45, 7) is 8.92. The molecule has 0 amide bonds. The molecular formula is C14H21ClN2. The van der Waals surface area contributed by atoms with E-state index in [-0.39, 0.29) is 0 Å². The van der Waals surface area contributed by atoms with Crippen molar-refractivity contribution in [2.75, 3.05) is 18.0 Å². The van der Waals surface area contributed by atoms with Gasteiger partial charge in [0.1, 0.15) is 5.82 Å². The van der Waals surface area contributed by atoms with Gasteiger partial charge in [-0.3, -0.25) is 0 Å². The van der Waals surface area contributed by atoms with Gasteiger partial charge >= 0.3 is 0 Å². The number of rotatable bonds is 2. The Morgan fingerprint density at radius 1 is 1.41 bits per heavy atom. The van der Waals surface area contributed by atoms with E-state index in [2.05, 4.69) is 35.9 Å². The normalized spacial score (nSPS) is 19.4. The van der Waals surface area contributed by atoms with Crippen molar-refractivity contribution in [3.05, 3.63) is 23.4 Å². The van der Waals surface area contributed by atoms with Crippen LogP contribution in [0.1, 0.15) is 37.9 Å². The molecule has 2 rings (SSSR count). The van der Waals surface area contributed by atoms with E-state index in [1.165, 1.54) is 12.8 Å². The van der Waals surface area contributed by atoms with Crippen molar-refractivity contribution in [3.63, 3.8) is 0 Å². The highest BCUT2D eigenvalue weighted by Gasteiger charge is 2.27. The summed E-state index contributed by atoms with van der Waals surface area (Å²) in [5.74, 6) is 1.65. The summed E-state index contributed by atoms with van der Waals surface area (Å²) in [6.07, 6.45) is 2.56. The second kappa shape index (κ2) is 4.85. The Morgan fingerprint density at radius 2 is 2.18 bits per heavy atom. The molecule has 3 heteroatoms. The molecule has 17 heavy (non-hydrogen) atoms. The zero-order chi connectivity index (χ0) is 12.5. The molecule has 1 aromatic heterocycles. The highest BCUT2D eigenvalue weighted by atomic mass is 35.5. The van der Waals surface area contributed by atoms with Crippen molar-refractivity contribution >= 4 is 17.4 Å². The van der Waals surface area contributed by atoms with Crippen LogP contribution in [0.15, 0.2) is 12.1 Å². The fourth-order valence-electron chi connectivity index (χ4n) is 2.51. The quantitative estimate of drug-likeness (QED) is 0.746. The first-order chi connectivity index (χ1) is 8.02. The molecule has 0 aromatic carbocycles. The van der Waals surface area contributed by atoms with E-state index in [1.807, 2.05) is 6.92 Å². The Morgan fingerprint density at radius 3 is 2.76 bits per heavy atom. The molecule has 0 spiro atoms. The third kappa shape index (κ3) is 2.92. The third-order valence-electron chi connectivity index (χ3n) is 3.55. The maximum Gasteiger partial charge on any atom is 0.128 e. The van der Waals surface area contributed by atoms with Crippen LogP contribution in [0, 0.1) is 12.3 Å². The number of aryl methyl sites for hydroxylation is 1. The molecule has 0 unspecified atom stereocenters. The summed E-state index contributed by atoms with van der Waals surface area (Å²) in [5, 5.41) is 0. The second-order valence-corrected chi connectivity index (χ2v) is 6.00. The standard InChI is InChI=1S/C14H21ClN2/c1-11-12(9-15)5-6-13(16-11)17-8-4-7-14(2,3)10-17/h5-6H,4,7-10H2,1-3H3. The first-order valence-electron chi connectivity index (χ1n) is 6.29. The lowest BCUT2D eigenvalue weighted by Gasteiger charge is -2.38. The van der Waals surface area contributed by atoms with Crippen LogP contribution in [0.5, 0.6) is 0 Å². The van der Waals surface area contributed by atoms with Gasteiger partial charge in [0.15, 0.2) is 0 Å². The van der Waals surface area contributed by atoms with E-state index in [0.29, 0.717) is 11.3 Å². The van der Waals surface area contributed by atoms with Crippen LogP contribution in [-0.2, 0) is 5.88 Å². The van der Waals surface area contributed by atoms with Crippen molar-refractivity contribution in [1.29, 1.82) is 0 Å². The number of aromatic nitrogens is 1. The summed E-state index contributed by atoms with van der Waals surface area (Å²) in [4.78, 5) is 7.07. The average molecular weight is 253 g/mol. The molecule has 1 saturated heterocycles. The van der Waals surface area contributed by atoms with Crippen molar-refractivity contribution < 1.29 is 0 Å². The monoisotopic (exact) mass is 252 g/mol. The largest absolute Gasteiger partial charge is 0.356 e. The first kappa shape index (κ1) is 12.7. The molecule has 1 fully saturated rings. The Balaban J connectivity index is 2.19. The highest BCUT2D eigenvalue weighted by molar-refractivity contribution is 6.17. The summed E-state index contributed by atoms with van der Waals surface area (Å²) in [5.41, 5.74) is 2.59. The van der Waals surface area contributed by atoms with Crippen LogP contribution in [0.4, 0.5) is 5.82 Å². The van der Waals surface area contributed by atoms with Gasteiger partial charge in [0, 0.05) is 24.7 Å². The third-order valence-corrected chi connectivity index (χ3v) is 3.84. The number of pyridine rings is 1. The van der Waals surface area contributed by atoms with Crippen LogP contribution in [-0.4, -0.2) is 18.1 Å². The van der Waals surface area contributed by atoms with Gasteiger partial charge in [0.05, 0.1) is 0 Å². The van der Waals surface area contributed by atoms with Gasteiger partial charge < -0.3 is 4.90 Å². The summed E-state index contributed by atoms with van der Waals surface area (Å²) < 4.78 is 0. The maximum absolute atomic E-state index is 5.86. The first-order valence-corrected chi connectivity index (χ1v) is 6.83. The number of halogens is 1. The molecule has 2 heterocycles. The van der Waals surface area contributed by atoms with E-state index in [9.17, 15) is 0 Å².